The molecule has 0 aliphatic carbocycles. The first-order valence-electron chi connectivity index (χ1n) is 7.22. The number of hydrogen-bond donors (Lipinski definition) is 1. The Hall–Kier alpha value is -2.03. The zero-order chi connectivity index (χ0) is 15.8. The molecular formula is C18H24N2O. The lowest BCUT2D eigenvalue weighted by atomic mass is 9.85. The van der Waals surface area contributed by atoms with Gasteiger partial charge in [0.1, 0.15) is 0 Å². The molecule has 1 aliphatic heterocycles. The van der Waals surface area contributed by atoms with E-state index in [1.54, 1.807) is 0 Å². The van der Waals surface area contributed by atoms with Crippen molar-refractivity contribution in [3.63, 3.8) is 0 Å². The first-order valence-corrected chi connectivity index (χ1v) is 7.22. The van der Waals surface area contributed by atoms with Crippen molar-refractivity contribution >= 4 is 17.3 Å². The number of amides is 1. The average Bonchev–Trinajstić information content (AvgIpc) is 2.59. The van der Waals surface area contributed by atoms with E-state index in [9.17, 15) is 4.79 Å². The van der Waals surface area contributed by atoms with E-state index >= 15 is 0 Å². The van der Waals surface area contributed by atoms with Gasteiger partial charge in [0, 0.05) is 25.5 Å². The maximum atomic E-state index is 12.0. The second kappa shape index (κ2) is 5.40. The van der Waals surface area contributed by atoms with E-state index in [2.05, 4.69) is 54.4 Å². The molecule has 0 radical (unpaired) electrons. The third-order valence-electron chi connectivity index (χ3n) is 3.86. The van der Waals surface area contributed by atoms with Crippen LogP contribution >= 0.6 is 0 Å². The Kier molecular flexibility index (Phi) is 3.95. The highest BCUT2D eigenvalue weighted by molar-refractivity contribution is 6.06. The number of hydrogen-bond acceptors (Lipinski definition) is 2. The van der Waals surface area contributed by atoms with Crippen LogP contribution in [0.5, 0.6) is 0 Å². The maximum Gasteiger partial charge on any atom is 0.234 e. The molecule has 112 valence electrons. The van der Waals surface area contributed by atoms with Crippen molar-refractivity contribution in [2.24, 2.45) is 0 Å². The van der Waals surface area contributed by atoms with Gasteiger partial charge < -0.3 is 10.2 Å². The second-order valence-electron chi connectivity index (χ2n) is 6.53. The Morgan fingerprint density at radius 3 is 2.43 bits per heavy atom. The van der Waals surface area contributed by atoms with Gasteiger partial charge in [-0.3, -0.25) is 4.79 Å². The van der Waals surface area contributed by atoms with Gasteiger partial charge >= 0.3 is 0 Å². The Morgan fingerprint density at radius 2 is 1.86 bits per heavy atom. The molecule has 0 spiro atoms. The molecule has 2 rings (SSSR count). The molecule has 21 heavy (non-hydrogen) atoms. The van der Waals surface area contributed by atoms with Gasteiger partial charge in [0.2, 0.25) is 5.91 Å². The number of carbonyl (C=O) groups is 1. The molecule has 1 amide bonds. The van der Waals surface area contributed by atoms with E-state index < -0.39 is 5.41 Å². The summed E-state index contributed by atoms with van der Waals surface area (Å²) in [6, 6.07) is 6.21. The lowest BCUT2D eigenvalue weighted by molar-refractivity contribution is -0.119. The highest BCUT2D eigenvalue weighted by Crippen LogP contribution is 2.38. The fraction of sp³-hybridized carbons (Fsp3) is 0.389. The molecule has 1 aromatic rings. The van der Waals surface area contributed by atoms with Crippen LogP contribution in [0.4, 0.5) is 5.69 Å². The molecule has 1 N–H and O–H groups in total. The predicted molar refractivity (Wildman–Crippen MR) is 89.2 cm³/mol. The van der Waals surface area contributed by atoms with Gasteiger partial charge in [0.25, 0.3) is 0 Å². The molecule has 1 aliphatic rings. The number of benzene rings is 1. The summed E-state index contributed by atoms with van der Waals surface area (Å²) in [5, 5.41) is 2.99. The number of rotatable bonds is 3. The van der Waals surface area contributed by atoms with Crippen LogP contribution in [0, 0.1) is 0 Å². The van der Waals surface area contributed by atoms with Gasteiger partial charge in [0.15, 0.2) is 0 Å². The number of fused-ring (bicyclic) bond motifs is 1. The van der Waals surface area contributed by atoms with Crippen molar-refractivity contribution in [3.05, 3.63) is 47.1 Å². The van der Waals surface area contributed by atoms with Crippen LogP contribution in [-0.4, -0.2) is 24.9 Å². The molecule has 0 aromatic heterocycles. The average molecular weight is 284 g/mol. The summed E-state index contributed by atoms with van der Waals surface area (Å²) in [4.78, 5) is 14.1. The lowest BCUT2D eigenvalue weighted by Gasteiger charge is -2.19. The fourth-order valence-corrected chi connectivity index (χ4v) is 2.50. The monoisotopic (exact) mass is 284 g/mol. The van der Waals surface area contributed by atoms with E-state index in [4.69, 9.17) is 0 Å². The molecule has 0 fully saturated rings. The molecule has 1 aromatic carbocycles. The van der Waals surface area contributed by atoms with Crippen LogP contribution in [0.2, 0.25) is 0 Å². The number of nitrogens with one attached hydrogen (secondary N) is 1. The summed E-state index contributed by atoms with van der Waals surface area (Å²) in [6.07, 6.45) is 4.21. The van der Waals surface area contributed by atoms with E-state index in [1.165, 1.54) is 5.57 Å². The summed E-state index contributed by atoms with van der Waals surface area (Å²) in [7, 11) is 4.06. The van der Waals surface area contributed by atoms with Crippen molar-refractivity contribution in [2.45, 2.75) is 33.1 Å². The smallest absolute Gasteiger partial charge is 0.234 e. The zero-order valence-electron chi connectivity index (χ0n) is 13.7. The molecule has 3 heteroatoms. The second-order valence-corrected chi connectivity index (χ2v) is 6.53. The predicted octanol–water partition coefficient (Wildman–Crippen LogP) is 3.79. The minimum Gasteiger partial charge on any atom is -0.377 e. The largest absolute Gasteiger partial charge is 0.377 e. The number of carbonyl (C=O) groups excluding carboxylic acids is 1. The number of allylic oxidation sites excluding steroid dienone is 3. The third kappa shape index (κ3) is 2.87. The standard InChI is InChI=1S/C18H24N2O/c1-12(2)7-10-16(20(5)6)13-8-9-14-15(11-13)19-17(21)18(14,3)4/h7-11H,1-6H3,(H,19,21)/b16-10-. The van der Waals surface area contributed by atoms with Crippen LogP contribution < -0.4 is 5.32 Å². The maximum absolute atomic E-state index is 12.0. The summed E-state index contributed by atoms with van der Waals surface area (Å²) >= 11 is 0. The highest BCUT2D eigenvalue weighted by atomic mass is 16.2. The van der Waals surface area contributed by atoms with E-state index in [0.29, 0.717) is 0 Å². The normalized spacial score (nSPS) is 16.3. The third-order valence-corrected chi connectivity index (χ3v) is 3.86. The van der Waals surface area contributed by atoms with Crippen molar-refractivity contribution in [2.75, 3.05) is 19.4 Å². The Bertz CT molecular complexity index is 633. The zero-order valence-corrected chi connectivity index (χ0v) is 13.7. The lowest BCUT2D eigenvalue weighted by Crippen LogP contribution is -2.26. The summed E-state index contributed by atoms with van der Waals surface area (Å²) in [6.45, 7) is 8.07. The van der Waals surface area contributed by atoms with E-state index in [-0.39, 0.29) is 5.91 Å². The van der Waals surface area contributed by atoms with Gasteiger partial charge in [-0.05, 0) is 51.0 Å². The molecule has 0 saturated carbocycles. The number of nitrogens with zero attached hydrogens (tertiary/aromatic N) is 1. The summed E-state index contributed by atoms with van der Waals surface area (Å²) < 4.78 is 0. The van der Waals surface area contributed by atoms with Gasteiger partial charge in [0.05, 0.1) is 5.41 Å². The Morgan fingerprint density at radius 1 is 1.19 bits per heavy atom. The van der Waals surface area contributed by atoms with Crippen LogP contribution in [0.25, 0.3) is 5.70 Å². The van der Waals surface area contributed by atoms with Crippen LogP contribution in [0.3, 0.4) is 0 Å². The van der Waals surface area contributed by atoms with Crippen LogP contribution in [0.1, 0.15) is 38.8 Å². The fourth-order valence-electron chi connectivity index (χ4n) is 2.50. The van der Waals surface area contributed by atoms with Gasteiger partial charge in [-0.2, -0.15) is 0 Å². The van der Waals surface area contributed by atoms with Gasteiger partial charge in [-0.15, -0.1) is 0 Å². The molecule has 0 bridgehead atoms. The molecule has 0 saturated heterocycles. The van der Waals surface area contributed by atoms with E-state index in [1.807, 2.05) is 27.9 Å². The molecule has 0 atom stereocenters. The van der Waals surface area contributed by atoms with Crippen molar-refractivity contribution in [1.29, 1.82) is 0 Å². The highest BCUT2D eigenvalue weighted by Gasteiger charge is 2.38. The quantitative estimate of drug-likeness (QED) is 0.857. The van der Waals surface area contributed by atoms with E-state index in [0.717, 1.165) is 22.5 Å². The SMILES string of the molecule is CC(C)=C/C=C(/c1ccc2c(c1)NC(=O)C2(C)C)N(C)C. The topological polar surface area (TPSA) is 32.3 Å². The Balaban J connectivity index is 2.48. The minimum atomic E-state index is -0.449. The number of anilines is 1. The first kappa shape index (κ1) is 15.4. The van der Waals surface area contributed by atoms with Crippen molar-refractivity contribution < 1.29 is 4.79 Å². The first-order chi connectivity index (χ1) is 9.73. The minimum absolute atomic E-state index is 0.0642. The Labute approximate surface area is 127 Å². The summed E-state index contributed by atoms with van der Waals surface area (Å²) in [5.41, 5.74) is 5.02. The van der Waals surface area contributed by atoms with Gasteiger partial charge in [-0.25, -0.2) is 0 Å². The molecule has 1 heterocycles. The van der Waals surface area contributed by atoms with Gasteiger partial charge in [-0.1, -0.05) is 23.8 Å². The molecule has 3 nitrogen and oxygen atoms in total. The summed E-state index contributed by atoms with van der Waals surface area (Å²) in [5.74, 6) is 0.0642. The van der Waals surface area contributed by atoms with Crippen molar-refractivity contribution in [1.82, 2.24) is 4.90 Å². The van der Waals surface area contributed by atoms with Crippen LogP contribution in [-0.2, 0) is 10.2 Å². The molecular weight excluding hydrogens is 260 g/mol. The molecule has 0 unspecified atom stereocenters. The van der Waals surface area contributed by atoms with Crippen LogP contribution in [0.15, 0.2) is 35.9 Å². The van der Waals surface area contributed by atoms with Crippen molar-refractivity contribution in [3.8, 4) is 0 Å².